The van der Waals surface area contributed by atoms with Crippen molar-refractivity contribution in [1.29, 1.82) is 0 Å². The first-order valence-corrected chi connectivity index (χ1v) is 10.4. The molecule has 1 aliphatic carbocycles. The number of fused-ring (bicyclic) bond motifs is 1. The number of hydrogen-bond acceptors (Lipinski definition) is 4. The third-order valence-electron chi connectivity index (χ3n) is 6.03. The Labute approximate surface area is 166 Å². The number of nitrogens with zero attached hydrogens (tertiary/aromatic N) is 3. The van der Waals surface area contributed by atoms with E-state index in [-0.39, 0.29) is 5.91 Å². The monoisotopic (exact) mass is 382 g/mol. The minimum absolute atomic E-state index is 0.117. The van der Waals surface area contributed by atoms with Crippen LogP contribution in [0.3, 0.4) is 0 Å². The molecule has 1 saturated heterocycles. The van der Waals surface area contributed by atoms with Crippen LogP contribution in [0.25, 0.3) is 0 Å². The summed E-state index contributed by atoms with van der Waals surface area (Å²) in [6, 6.07) is 8.63. The first kappa shape index (κ1) is 19.0. The SMILES string of the molecule is COc1cccc(CCNC2CCc3c(c(C(=O)N4CCCC4)nn3C)C2)c1. The molecule has 1 aromatic carbocycles. The molecule has 6 heteroatoms. The Morgan fingerprint density at radius 2 is 2.14 bits per heavy atom. The van der Waals surface area contributed by atoms with Crippen LogP contribution in [0, 0.1) is 0 Å². The van der Waals surface area contributed by atoms with Crippen molar-refractivity contribution in [2.75, 3.05) is 26.7 Å². The summed E-state index contributed by atoms with van der Waals surface area (Å²) in [4.78, 5) is 14.9. The molecule has 1 aromatic heterocycles. The van der Waals surface area contributed by atoms with E-state index in [4.69, 9.17) is 4.74 Å². The van der Waals surface area contributed by atoms with Gasteiger partial charge in [0.05, 0.1) is 7.11 Å². The van der Waals surface area contributed by atoms with Gasteiger partial charge in [-0.15, -0.1) is 0 Å². The Morgan fingerprint density at radius 1 is 1.32 bits per heavy atom. The zero-order chi connectivity index (χ0) is 19.5. The summed E-state index contributed by atoms with van der Waals surface area (Å²) in [7, 11) is 3.67. The molecule has 0 bridgehead atoms. The van der Waals surface area contributed by atoms with Crippen molar-refractivity contribution < 1.29 is 9.53 Å². The van der Waals surface area contributed by atoms with Gasteiger partial charge in [0, 0.05) is 37.4 Å². The molecule has 4 rings (SSSR count). The van der Waals surface area contributed by atoms with Crippen LogP contribution in [0.5, 0.6) is 5.75 Å². The lowest BCUT2D eigenvalue weighted by Gasteiger charge is -2.25. The number of aryl methyl sites for hydroxylation is 1. The van der Waals surface area contributed by atoms with Gasteiger partial charge >= 0.3 is 0 Å². The van der Waals surface area contributed by atoms with Crippen molar-refractivity contribution in [2.24, 2.45) is 7.05 Å². The third kappa shape index (κ3) is 3.92. The Morgan fingerprint density at radius 3 is 2.93 bits per heavy atom. The molecule has 0 radical (unpaired) electrons. The molecule has 6 nitrogen and oxygen atoms in total. The van der Waals surface area contributed by atoms with Crippen molar-refractivity contribution in [3.8, 4) is 5.75 Å². The lowest BCUT2D eigenvalue weighted by Crippen LogP contribution is -2.37. The Kier molecular flexibility index (Phi) is 5.67. The van der Waals surface area contributed by atoms with Crippen molar-refractivity contribution in [3.63, 3.8) is 0 Å². The summed E-state index contributed by atoms with van der Waals surface area (Å²) in [6.45, 7) is 2.65. The molecule has 150 valence electrons. The highest BCUT2D eigenvalue weighted by Crippen LogP contribution is 2.26. The predicted octanol–water partition coefficient (Wildman–Crippen LogP) is 2.35. The van der Waals surface area contributed by atoms with Crippen LogP contribution in [0.15, 0.2) is 24.3 Å². The molecule has 1 atom stereocenters. The second kappa shape index (κ2) is 8.35. The Balaban J connectivity index is 1.39. The number of rotatable bonds is 6. The molecule has 0 saturated carbocycles. The highest BCUT2D eigenvalue weighted by Gasteiger charge is 2.31. The maximum Gasteiger partial charge on any atom is 0.274 e. The van der Waals surface area contributed by atoms with Crippen LogP contribution in [-0.4, -0.2) is 53.4 Å². The van der Waals surface area contributed by atoms with Crippen LogP contribution in [0.1, 0.15) is 46.6 Å². The fourth-order valence-corrected chi connectivity index (χ4v) is 4.45. The average molecular weight is 383 g/mol. The molecule has 2 aromatic rings. The van der Waals surface area contributed by atoms with Crippen LogP contribution in [-0.2, 0) is 26.3 Å². The highest BCUT2D eigenvalue weighted by molar-refractivity contribution is 5.94. The number of nitrogens with one attached hydrogen (secondary N) is 1. The minimum atomic E-state index is 0.117. The maximum atomic E-state index is 12.9. The first-order valence-electron chi connectivity index (χ1n) is 10.4. The molecular formula is C22H30N4O2. The first-order chi connectivity index (χ1) is 13.7. The topological polar surface area (TPSA) is 59.4 Å². The molecule has 0 spiro atoms. The van der Waals surface area contributed by atoms with Crippen molar-refractivity contribution >= 4 is 5.91 Å². The highest BCUT2D eigenvalue weighted by atomic mass is 16.5. The summed E-state index contributed by atoms with van der Waals surface area (Å²) in [5, 5.41) is 8.29. The number of methoxy groups -OCH3 is 1. The van der Waals surface area contributed by atoms with Gasteiger partial charge in [-0.2, -0.15) is 5.10 Å². The number of amides is 1. The normalized spacial score (nSPS) is 18.9. The fourth-order valence-electron chi connectivity index (χ4n) is 4.45. The van der Waals surface area contributed by atoms with E-state index in [1.807, 2.05) is 28.8 Å². The third-order valence-corrected chi connectivity index (χ3v) is 6.03. The van der Waals surface area contributed by atoms with Crippen molar-refractivity contribution in [1.82, 2.24) is 20.0 Å². The van der Waals surface area contributed by atoms with E-state index in [0.717, 1.165) is 69.5 Å². The second-order valence-corrected chi connectivity index (χ2v) is 7.89. The summed E-state index contributed by atoms with van der Waals surface area (Å²) in [5.74, 6) is 1.02. The largest absolute Gasteiger partial charge is 0.497 e. The van der Waals surface area contributed by atoms with Crippen LogP contribution < -0.4 is 10.1 Å². The fraction of sp³-hybridized carbons (Fsp3) is 0.545. The van der Waals surface area contributed by atoms with E-state index in [1.165, 1.54) is 11.3 Å². The molecule has 2 heterocycles. The molecule has 1 fully saturated rings. The average Bonchev–Trinajstić information content (AvgIpc) is 3.36. The van der Waals surface area contributed by atoms with E-state index in [1.54, 1.807) is 7.11 Å². The van der Waals surface area contributed by atoms with Gasteiger partial charge in [-0.25, -0.2) is 0 Å². The van der Waals surface area contributed by atoms with E-state index in [9.17, 15) is 4.79 Å². The van der Waals surface area contributed by atoms with Crippen molar-refractivity contribution in [2.45, 2.75) is 44.6 Å². The minimum Gasteiger partial charge on any atom is -0.497 e. The smallest absolute Gasteiger partial charge is 0.274 e. The van der Waals surface area contributed by atoms with E-state index in [2.05, 4.69) is 22.5 Å². The summed E-state index contributed by atoms with van der Waals surface area (Å²) in [5.41, 5.74) is 4.34. The van der Waals surface area contributed by atoms with Gasteiger partial charge in [-0.1, -0.05) is 12.1 Å². The molecule has 2 aliphatic rings. The van der Waals surface area contributed by atoms with Crippen LogP contribution in [0.2, 0.25) is 0 Å². The van der Waals surface area contributed by atoms with Gasteiger partial charge in [-0.05, 0) is 62.8 Å². The standard InChI is InChI=1S/C22H30N4O2/c1-25-20-9-8-17(23-11-10-16-6-5-7-18(14-16)28-2)15-19(20)21(24-25)22(27)26-12-3-4-13-26/h5-7,14,17,23H,3-4,8-13,15H2,1-2H3. The summed E-state index contributed by atoms with van der Waals surface area (Å²) >= 11 is 0. The molecule has 28 heavy (non-hydrogen) atoms. The molecular weight excluding hydrogens is 352 g/mol. The Bertz CT molecular complexity index is 839. The van der Waals surface area contributed by atoms with E-state index >= 15 is 0 Å². The number of carbonyl (C=O) groups excluding carboxylic acids is 1. The van der Waals surface area contributed by atoms with Gasteiger partial charge < -0.3 is 15.0 Å². The maximum absolute atomic E-state index is 12.9. The number of likely N-dealkylation sites (tertiary alicyclic amines) is 1. The number of benzene rings is 1. The number of hydrogen-bond donors (Lipinski definition) is 1. The van der Waals surface area contributed by atoms with Crippen LogP contribution in [0.4, 0.5) is 0 Å². The number of ether oxygens (including phenoxy) is 1. The quantitative estimate of drug-likeness (QED) is 0.833. The molecule has 1 aliphatic heterocycles. The number of aromatic nitrogens is 2. The second-order valence-electron chi connectivity index (χ2n) is 7.89. The predicted molar refractivity (Wildman–Crippen MR) is 109 cm³/mol. The van der Waals surface area contributed by atoms with Crippen molar-refractivity contribution in [3.05, 3.63) is 46.8 Å². The lowest BCUT2D eigenvalue weighted by molar-refractivity contribution is 0.0785. The van der Waals surface area contributed by atoms with Gasteiger partial charge in [-0.3, -0.25) is 9.48 Å². The lowest BCUT2D eigenvalue weighted by atomic mass is 9.91. The Hall–Kier alpha value is -2.34. The zero-order valence-electron chi connectivity index (χ0n) is 16.9. The summed E-state index contributed by atoms with van der Waals surface area (Å²) < 4.78 is 7.23. The molecule has 1 N–H and O–H groups in total. The number of carbonyl (C=O) groups is 1. The van der Waals surface area contributed by atoms with Gasteiger partial charge in [0.25, 0.3) is 5.91 Å². The van der Waals surface area contributed by atoms with Gasteiger partial charge in [0.15, 0.2) is 5.69 Å². The van der Waals surface area contributed by atoms with Crippen LogP contribution >= 0.6 is 0 Å². The zero-order valence-corrected chi connectivity index (χ0v) is 16.9. The van der Waals surface area contributed by atoms with E-state index < -0.39 is 0 Å². The molecule has 1 amide bonds. The van der Waals surface area contributed by atoms with Gasteiger partial charge in [0.2, 0.25) is 0 Å². The molecule has 1 unspecified atom stereocenters. The van der Waals surface area contributed by atoms with E-state index in [0.29, 0.717) is 11.7 Å². The van der Waals surface area contributed by atoms with Gasteiger partial charge in [0.1, 0.15) is 5.75 Å². The summed E-state index contributed by atoms with van der Waals surface area (Å²) in [6.07, 6.45) is 6.12.